The first kappa shape index (κ1) is 14.5. The normalized spacial score (nSPS) is 26.2. The third kappa shape index (κ3) is 3.17. The number of benzene rings is 1. The lowest BCUT2D eigenvalue weighted by Gasteiger charge is -2.49. The van der Waals surface area contributed by atoms with Crippen LogP contribution in [-0.4, -0.2) is 13.1 Å². The molecule has 0 spiro atoms. The number of halogens is 1. The minimum atomic E-state index is -0.0317. The smallest absolute Gasteiger partial charge is 0.127 e. The van der Waals surface area contributed by atoms with Gasteiger partial charge in [-0.2, -0.15) is 0 Å². The monoisotopic (exact) mass is 263 g/mol. The van der Waals surface area contributed by atoms with Gasteiger partial charge in [0.1, 0.15) is 5.82 Å². The van der Waals surface area contributed by atoms with E-state index in [9.17, 15) is 4.39 Å². The van der Waals surface area contributed by atoms with Gasteiger partial charge in [0, 0.05) is 12.0 Å². The SMILES string of the molecule is CCCNCC1(c2ccccc2F)CC(CCC)C1. The topological polar surface area (TPSA) is 12.0 Å². The second-order valence-electron chi connectivity index (χ2n) is 6.00. The van der Waals surface area contributed by atoms with Gasteiger partial charge in [-0.25, -0.2) is 4.39 Å². The molecule has 0 unspecified atom stereocenters. The highest BCUT2D eigenvalue weighted by atomic mass is 19.1. The first-order chi connectivity index (χ1) is 9.22. The molecule has 0 bridgehead atoms. The van der Waals surface area contributed by atoms with Crippen LogP contribution in [0.15, 0.2) is 24.3 Å². The fraction of sp³-hybridized carbons (Fsp3) is 0.647. The fourth-order valence-electron chi connectivity index (χ4n) is 3.51. The van der Waals surface area contributed by atoms with Gasteiger partial charge in [-0.05, 0) is 43.4 Å². The first-order valence-corrected chi connectivity index (χ1v) is 7.67. The maximum Gasteiger partial charge on any atom is 0.127 e. The van der Waals surface area contributed by atoms with Crippen LogP contribution in [0.4, 0.5) is 4.39 Å². The van der Waals surface area contributed by atoms with E-state index >= 15 is 0 Å². The first-order valence-electron chi connectivity index (χ1n) is 7.67. The minimum Gasteiger partial charge on any atom is -0.316 e. The van der Waals surface area contributed by atoms with E-state index in [0.717, 1.165) is 43.8 Å². The van der Waals surface area contributed by atoms with Gasteiger partial charge in [0.2, 0.25) is 0 Å². The van der Waals surface area contributed by atoms with Crippen LogP contribution < -0.4 is 5.32 Å². The van der Waals surface area contributed by atoms with Crippen molar-refractivity contribution < 1.29 is 4.39 Å². The summed E-state index contributed by atoms with van der Waals surface area (Å²) in [5, 5.41) is 3.50. The van der Waals surface area contributed by atoms with Gasteiger partial charge in [0.25, 0.3) is 0 Å². The summed E-state index contributed by atoms with van der Waals surface area (Å²) in [6.07, 6.45) is 5.92. The molecular weight excluding hydrogens is 237 g/mol. The van der Waals surface area contributed by atoms with Crippen LogP contribution in [-0.2, 0) is 5.41 Å². The highest BCUT2D eigenvalue weighted by Gasteiger charge is 2.45. The van der Waals surface area contributed by atoms with Gasteiger partial charge in [0.15, 0.2) is 0 Å². The van der Waals surface area contributed by atoms with E-state index in [4.69, 9.17) is 0 Å². The van der Waals surface area contributed by atoms with Crippen molar-refractivity contribution >= 4 is 0 Å². The quantitative estimate of drug-likeness (QED) is 0.724. The van der Waals surface area contributed by atoms with Crippen molar-refractivity contribution in [1.82, 2.24) is 5.32 Å². The lowest BCUT2D eigenvalue weighted by molar-refractivity contribution is 0.125. The molecule has 1 saturated carbocycles. The maximum absolute atomic E-state index is 14.1. The molecule has 2 rings (SSSR count). The van der Waals surface area contributed by atoms with Gasteiger partial charge >= 0.3 is 0 Å². The third-order valence-electron chi connectivity index (χ3n) is 4.39. The highest BCUT2D eigenvalue weighted by molar-refractivity contribution is 5.31. The van der Waals surface area contributed by atoms with E-state index in [1.54, 1.807) is 12.1 Å². The molecule has 0 aromatic heterocycles. The van der Waals surface area contributed by atoms with E-state index < -0.39 is 0 Å². The zero-order valence-corrected chi connectivity index (χ0v) is 12.2. The van der Waals surface area contributed by atoms with E-state index in [1.165, 1.54) is 12.8 Å². The van der Waals surface area contributed by atoms with Crippen molar-refractivity contribution in [3.63, 3.8) is 0 Å². The molecule has 0 atom stereocenters. The Hall–Kier alpha value is -0.890. The summed E-state index contributed by atoms with van der Waals surface area (Å²) < 4.78 is 14.1. The molecule has 0 saturated heterocycles. The Bertz CT molecular complexity index is 390. The van der Waals surface area contributed by atoms with E-state index in [1.807, 2.05) is 12.1 Å². The lowest BCUT2D eigenvalue weighted by Crippen LogP contribution is -2.49. The Morgan fingerprint density at radius 2 is 1.95 bits per heavy atom. The summed E-state index contributed by atoms with van der Waals surface area (Å²) in [5.41, 5.74) is 0.964. The molecular formula is C17H26FN. The highest BCUT2D eigenvalue weighted by Crippen LogP contribution is 2.49. The molecule has 106 valence electrons. The molecule has 1 nitrogen and oxygen atoms in total. The molecule has 1 aromatic rings. The van der Waals surface area contributed by atoms with Crippen LogP contribution in [0.25, 0.3) is 0 Å². The fourth-order valence-corrected chi connectivity index (χ4v) is 3.51. The molecule has 1 aliphatic carbocycles. The predicted molar refractivity (Wildman–Crippen MR) is 78.9 cm³/mol. The Morgan fingerprint density at radius 3 is 2.58 bits per heavy atom. The number of hydrogen-bond acceptors (Lipinski definition) is 1. The largest absolute Gasteiger partial charge is 0.316 e. The number of nitrogens with one attached hydrogen (secondary N) is 1. The average molecular weight is 263 g/mol. The summed E-state index contributed by atoms with van der Waals surface area (Å²) >= 11 is 0. The predicted octanol–water partition coefficient (Wildman–Crippen LogP) is 4.27. The summed E-state index contributed by atoms with van der Waals surface area (Å²) in [4.78, 5) is 0. The second kappa shape index (κ2) is 6.51. The zero-order valence-electron chi connectivity index (χ0n) is 12.2. The molecule has 0 radical (unpaired) electrons. The number of rotatable bonds is 7. The van der Waals surface area contributed by atoms with Gasteiger partial charge in [-0.1, -0.05) is 44.9 Å². The molecule has 1 fully saturated rings. The van der Waals surface area contributed by atoms with E-state index in [2.05, 4.69) is 19.2 Å². The van der Waals surface area contributed by atoms with Crippen molar-refractivity contribution in [3.05, 3.63) is 35.6 Å². The van der Waals surface area contributed by atoms with Gasteiger partial charge in [-0.3, -0.25) is 0 Å². The molecule has 1 N–H and O–H groups in total. The second-order valence-corrected chi connectivity index (χ2v) is 6.00. The average Bonchev–Trinajstić information content (AvgIpc) is 2.36. The molecule has 19 heavy (non-hydrogen) atoms. The van der Waals surface area contributed by atoms with Gasteiger partial charge < -0.3 is 5.32 Å². The molecule has 0 aliphatic heterocycles. The van der Waals surface area contributed by atoms with Crippen LogP contribution in [0.1, 0.15) is 51.5 Å². The Kier molecular flexibility index (Phi) is 4.98. The van der Waals surface area contributed by atoms with Crippen molar-refractivity contribution in [2.45, 2.75) is 51.4 Å². The van der Waals surface area contributed by atoms with Crippen LogP contribution >= 0.6 is 0 Å². The Balaban J connectivity index is 2.10. The van der Waals surface area contributed by atoms with Crippen molar-refractivity contribution in [2.24, 2.45) is 5.92 Å². The number of hydrogen-bond donors (Lipinski definition) is 1. The molecule has 0 amide bonds. The molecule has 2 heteroatoms. The Morgan fingerprint density at radius 1 is 1.21 bits per heavy atom. The summed E-state index contributed by atoms with van der Waals surface area (Å²) in [6.45, 7) is 6.35. The van der Waals surface area contributed by atoms with Crippen LogP contribution in [0, 0.1) is 11.7 Å². The summed E-state index contributed by atoms with van der Waals surface area (Å²) in [6, 6.07) is 7.33. The standard InChI is InChI=1S/C17H26FN/c1-3-7-14-11-17(12-14,13-19-10-4-2)15-8-5-6-9-16(15)18/h5-6,8-9,14,19H,3-4,7,10-13H2,1-2H3. The summed E-state index contributed by atoms with van der Waals surface area (Å²) in [5.74, 6) is 0.753. The van der Waals surface area contributed by atoms with E-state index in [-0.39, 0.29) is 11.2 Å². The van der Waals surface area contributed by atoms with E-state index in [0.29, 0.717) is 0 Å². The molecule has 1 aliphatic rings. The maximum atomic E-state index is 14.1. The van der Waals surface area contributed by atoms with Crippen molar-refractivity contribution in [3.8, 4) is 0 Å². The van der Waals surface area contributed by atoms with Crippen LogP contribution in [0.5, 0.6) is 0 Å². The van der Waals surface area contributed by atoms with Crippen molar-refractivity contribution in [2.75, 3.05) is 13.1 Å². The van der Waals surface area contributed by atoms with Gasteiger partial charge in [0.05, 0.1) is 0 Å². The minimum absolute atomic E-state index is 0.0317. The molecule has 1 aromatic carbocycles. The zero-order chi connectivity index (χ0) is 13.7. The van der Waals surface area contributed by atoms with Crippen LogP contribution in [0.3, 0.4) is 0 Å². The summed E-state index contributed by atoms with van der Waals surface area (Å²) in [7, 11) is 0. The third-order valence-corrected chi connectivity index (χ3v) is 4.39. The molecule has 0 heterocycles. The lowest BCUT2D eigenvalue weighted by atomic mass is 9.57. The van der Waals surface area contributed by atoms with Gasteiger partial charge in [-0.15, -0.1) is 0 Å². The van der Waals surface area contributed by atoms with Crippen molar-refractivity contribution in [1.29, 1.82) is 0 Å². The van der Waals surface area contributed by atoms with Crippen LogP contribution in [0.2, 0.25) is 0 Å². The Labute approximate surface area is 116 Å².